The zero-order valence-corrected chi connectivity index (χ0v) is 10.6. The number of anilines is 1. The molecule has 20 heavy (non-hydrogen) atoms. The van der Waals surface area contributed by atoms with Crippen LogP contribution in [0.5, 0.6) is 5.75 Å². The molecule has 1 unspecified atom stereocenters. The summed E-state index contributed by atoms with van der Waals surface area (Å²) in [6.07, 6.45) is 2.56. The molecular weight excluding hydrogens is 252 g/mol. The lowest BCUT2D eigenvalue weighted by Crippen LogP contribution is -2.33. The van der Waals surface area contributed by atoms with E-state index in [9.17, 15) is 5.26 Å². The second-order valence-corrected chi connectivity index (χ2v) is 4.43. The van der Waals surface area contributed by atoms with Crippen molar-refractivity contribution in [1.29, 1.82) is 5.26 Å². The van der Waals surface area contributed by atoms with E-state index < -0.39 is 6.23 Å². The van der Waals surface area contributed by atoms with Crippen LogP contribution in [0.25, 0.3) is 5.57 Å². The number of fused-ring (bicyclic) bond motifs is 1. The van der Waals surface area contributed by atoms with Gasteiger partial charge in [-0.3, -0.25) is 10.7 Å². The highest BCUT2D eigenvalue weighted by atomic mass is 16.5. The summed E-state index contributed by atoms with van der Waals surface area (Å²) in [4.78, 5) is 3.99. The molecule has 1 aromatic heterocycles. The van der Waals surface area contributed by atoms with E-state index >= 15 is 0 Å². The van der Waals surface area contributed by atoms with Gasteiger partial charge < -0.3 is 10.5 Å². The van der Waals surface area contributed by atoms with Crippen molar-refractivity contribution < 1.29 is 4.74 Å². The van der Waals surface area contributed by atoms with Gasteiger partial charge in [0.1, 0.15) is 11.8 Å². The van der Waals surface area contributed by atoms with Crippen molar-refractivity contribution in [3.63, 3.8) is 0 Å². The number of benzene rings is 1. The standard InChI is InChI=1S/C15H12N4O/c16-8-12-14(9-3-5-19-6-4-9)11-2-1-10(17)7-13(11)20-15(12)18/h1-7,15H,17-18H2. The average molecular weight is 264 g/mol. The first-order valence-electron chi connectivity index (χ1n) is 6.07. The summed E-state index contributed by atoms with van der Waals surface area (Å²) in [5.74, 6) is 0.586. The van der Waals surface area contributed by atoms with Gasteiger partial charge in [-0.25, -0.2) is 0 Å². The zero-order valence-electron chi connectivity index (χ0n) is 10.6. The SMILES string of the molecule is N#CC1=C(c2ccncc2)c2ccc(N)cc2OC1N. The third-order valence-electron chi connectivity index (χ3n) is 3.17. The van der Waals surface area contributed by atoms with Gasteiger partial charge in [0.05, 0.1) is 5.57 Å². The Hall–Kier alpha value is -2.84. The van der Waals surface area contributed by atoms with Gasteiger partial charge in [0.2, 0.25) is 0 Å². The second kappa shape index (κ2) is 4.68. The smallest absolute Gasteiger partial charge is 0.184 e. The van der Waals surface area contributed by atoms with Crippen LogP contribution in [0.4, 0.5) is 5.69 Å². The second-order valence-electron chi connectivity index (χ2n) is 4.43. The Bertz CT molecular complexity index is 731. The van der Waals surface area contributed by atoms with E-state index in [0.29, 0.717) is 17.0 Å². The summed E-state index contributed by atoms with van der Waals surface area (Å²) in [6.45, 7) is 0. The summed E-state index contributed by atoms with van der Waals surface area (Å²) in [7, 11) is 0. The van der Waals surface area contributed by atoms with E-state index in [0.717, 1.165) is 16.7 Å². The Labute approximate surface area is 116 Å². The van der Waals surface area contributed by atoms with Gasteiger partial charge in [-0.05, 0) is 29.8 Å². The Kier molecular flexibility index (Phi) is 2.86. The molecule has 2 aromatic rings. The molecule has 0 radical (unpaired) electrons. The van der Waals surface area contributed by atoms with E-state index in [1.807, 2.05) is 18.2 Å². The highest BCUT2D eigenvalue weighted by Gasteiger charge is 2.27. The molecule has 0 fully saturated rings. The molecule has 0 bridgehead atoms. The van der Waals surface area contributed by atoms with Crippen LogP contribution in [0.2, 0.25) is 0 Å². The quantitative estimate of drug-likeness (QED) is 0.763. The molecule has 5 heteroatoms. The van der Waals surface area contributed by atoms with Crippen molar-refractivity contribution in [2.45, 2.75) is 6.23 Å². The monoisotopic (exact) mass is 264 g/mol. The Morgan fingerprint density at radius 2 is 1.95 bits per heavy atom. The molecule has 0 amide bonds. The van der Waals surface area contributed by atoms with Crippen LogP contribution in [0.3, 0.4) is 0 Å². The fourth-order valence-corrected chi connectivity index (χ4v) is 2.28. The van der Waals surface area contributed by atoms with Crippen LogP contribution in [0.1, 0.15) is 11.1 Å². The van der Waals surface area contributed by atoms with Crippen molar-refractivity contribution in [2.75, 3.05) is 5.73 Å². The molecule has 1 aliphatic heterocycles. The maximum atomic E-state index is 9.37. The van der Waals surface area contributed by atoms with Gasteiger partial charge in [0.15, 0.2) is 6.23 Å². The molecule has 1 atom stereocenters. The van der Waals surface area contributed by atoms with E-state index in [-0.39, 0.29) is 0 Å². The molecule has 5 nitrogen and oxygen atoms in total. The van der Waals surface area contributed by atoms with Crippen molar-refractivity contribution in [3.05, 3.63) is 59.4 Å². The number of nitrogens with zero attached hydrogens (tertiary/aromatic N) is 2. The van der Waals surface area contributed by atoms with E-state index in [2.05, 4.69) is 11.1 Å². The average Bonchev–Trinajstić information content (AvgIpc) is 2.46. The highest BCUT2D eigenvalue weighted by Crippen LogP contribution is 2.39. The molecule has 2 heterocycles. The molecule has 0 aliphatic carbocycles. The summed E-state index contributed by atoms with van der Waals surface area (Å²) in [5.41, 5.74) is 15.1. The molecule has 98 valence electrons. The van der Waals surface area contributed by atoms with Crippen molar-refractivity contribution in [1.82, 2.24) is 4.98 Å². The largest absolute Gasteiger partial charge is 0.470 e. The predicted octanol–water partition coefficient (Wildman–Crippen LogP) is 1.67. The van der Waals surface area contributed by atoms with Crippen molar-refractivity contribution in [2.24, 2.45) is 5.73 Å². The molecule has 0 spiro atoms. The van der Waals surface area contributed by atoms with Crippen LogP contribution in [-0.4, -0.2) is 11.2 Å². The first kappa shape index (κ1) is 12.2. The van der Waals surface area contributed by atoms with Gasteiger partial charge in [-0.2, -0.15) is 5.26 Å². The lowest BCUT2D eigenvalue weighted by molar-refractivity contribution is 0.245. The maximum Gasteiger partial charge on any atom is 0.184 e. The fourth-order valence-electron chi connectivity index (χ4n) is 2.28. The molecule has 1 aliphatic rings. The third-order valence-corrected chi connectivity index (χ3v) is 3.17. The van der Waals surface area contributed by atoms with E-state index in [1.165, 1.54) is 0 Å². The number of ether oxygens (including phenoxy) is 1. The first-order valence-corrected chi connectivity index (χ1v) is 6.07. The lowest BCUT2D eigenvalue weighted by Gasteiger charge is -2.26. The first-order chi connectivity index (χ1) is 9.70. The Morgan fingerprint density at radius 3 is 2.65 bits per heavy atom. The van der Waals surface area contributed by atoms with Crippen LogP contribution >= 0.6 is 0 Å². The minimum atomic E-state index is -0.794. The number of aromatic nitrogens is 1. The number of hydrogen-bond donors (Lipinski definition) is 2. The molecule has 0 saturated heterocycles. The highest BCUT2D eigenvalue weighted by molar-refractivity contribution is 5.89. The normalized spacial score (nSPS) is 17.1. The predicted molar refractivity (Wildman–Crippen MR) is 75.3 cm³/mol. The molecule has 3 rings (SSSR count). The minimum absolute atomic E-state index is 0.397. The van der Waals surface area contributed by atoms with Crippen LogP contribution in [0.15, 0.2) is 48.3 Å². The zero-order chi connectivity index (χ0) is 14.1. The van der Waals surface area contributed by atoms with Crippen LogP contribution < -0.4 is 16.2 Å². The number of pyridine rings is 1. The number of hydrogen-bond acceptors (Lipinski definition) is 5. The third kappa shape index (κ3) is 1.88. The van der Waals surface area contributed by atoms with E-state index in [4.69, 9.17) is 16.2 Å². The lowest BCUT2D eigenvalue weighted by atomic mass is 9.90. The number of nitrogen functional groups attached to an aromatic ring is 1. The van der Waals surface area contributed by atoms with Crippen molar-refractivity contribution in [3.8, 4) is 11.8 Å². The van der Waals surface area contributed by atoms with Gasteiger partial charge in [0.25, 0.3) is 0 Å². The number of rotatable bonds is 1. The van der Waals surface area contributed by atoms with Crippen LogP contribution in [-0.2, 0) is 0 Å². The minimum Gasteiger partial charge on any atom is -0.470 e. The Morgan fingerprint density at radius 1 is 1.20 bits per heavy atom. The molecular formula is C15H12N4O. The topological polar surface area (TPSA) is 98.0 Å². The summed E-state index contributed by atoms with van der Waals surface area (Å²) in [6, 6.07) is 11.1. The summed E-state index contributed by atoms with van der Waals surface area (Å²) < 4.78 is 5.57. The van der Waals surface area contributed by atoms with Gasteiger partial charge in [0, 0.05) is 35.3 Å². The van der Waals surface area contributed by atoms with E-state index in [1.54, 1.807) is 24.5 Å². The fraction of sp³-hybridized carbons (Fsp3) is 0.0667. The molecule has 1 aromatic carbocycles. The van der Waals surface area contributed by atoms with Gasteiger partial charge in [-0.1, -0.05) is 0 Å². The molecule has 0 saturated carbocycles. The Balaban J connectivity index is 2.29. The van der Waals surface area contributed by atoms with Gasteiger partial charge >= 0.3 is 0 Å². The molecule has 4 N–H and O–H groups in total. The number of nitriles is 1. The summed E-state index contributed by atoms with van der Waals surface area (Å²) >= 11 is 0. The maximum absolute atomic E-state index is 9.37. The summed E-state index contributed by atoms with van der Waals surface area (Å²) in [5, 5.41) is 9.37. The van der Waals surface area contributed by atoms with Crippen LogP contribution in [0, 0.1) is 11.3 Å². The number of nitrogens with two attached hydrogens (primary N) is 2. The van der Waals surface area contributed by atoms with Gasteiger partial charge in [-0.15, -0.1) is 0 Å². The van der Waals surface area contributed by atoms with Crippen molar-refractivity contribution >= 4 is 11.3 Å².